The molecule has 0 saturated carbocycles. The van der Waals surface area contributed by atoms with Gasteiger partial charge in [0.15, 0.2) is 17.6 Å². The van der Waals surface area contributed by atoms with Gasteiger partial charge in [-0.25, -0.2) is 0 Å². The molecule has 0 bridgehead atoms. The summed E-state index contributed by atoms with van der Waals surface area (Å²) in [6, 6.07) is 14.4. The van der Waals surface area contributed by atoms with E-state index >= 15 is 0 Å². The van der Waals surface area contributed by atoms with Crippen LogP contribution >= 0.6 is 0 Å². The molecule has 0 saturated heterocycles. The molecule has 0 aliphatic carbocycles. The van der Waals surface area contributed by atoms with Crippen molar-refractivity contribution < 1.29 is 23.7 Å². The average Bonchev–Trinajstić information content (AvgIpc) is 2.65. The summed E-state index contributed by atoms with van der Waals surface area (Å²) in [5.74, 6) is 2.43. The number of hydrogen-bond acceptors (Lipinski definition) is 5. The van der Waals surface area contributed by atoms with Crippen LogP contribution in [0.3, 0.4) is 0 Å². The van der Waals surface area contributed by atoms with Gasteiger partial charge in [-0.2, -0.15) is 0 Å². The third kappa shape index (κ3) is 5.60. The zero-order valence-electron chi connectivity index (χ0n) is 14.7. The Morgan fingerprint density at radius 1 is 0.960 bits per heavy atom. The standard InChI is InChI=1S/C19H23NO5/c1-14(25-16-10-8-15(22-2)9-11-16)19(21)20-12-13-24-18-7-5-4-6-17(18)23-3/h4-11,14H,12-13H2,1-3H3,(H,20,21)/t14-/m0/s1. The summed E-state index contributed by atoms with van der Waals surface area (Å²) in [7, 11) is 3.18. The van der Waals surface area contributed by atoms with E-state index in [2.05, 4.69) is 5.32 Å². The minimum absolute atomic E-state index is 0.209. The van der Waals surface area contributed by atoms with Crippen LogP contribution in [0.2, 0.25) is 0 Å². The van der Waals surface area contributed by atoms with Gasteiger partial charge in [-0.1, -0.05) is 12.1 Å². The lowest BCUT2D eigenvalue weighted by atomic mass is 10.3. The molecule has 0 unspecified atom stereocenters. The third-order valence-corrected chi connectivity index (χ3v) is 3.47. The van der Waals surface area contributed by atoms with E-state index in [4.69, 9.17) is 18.9 Å². The molecule has 25 heavy (non-hydrogen) atoms. The molecule has 0 aromatic heterocycles. The monoisotopic (exact) mass is 345 g/mol. The first kappa shape index (κ1) is 18.4. The van der Waals surface area contributed by atoms with E-state index in [0.717, 1.165) is 5.75 Å². The molecule has 0 spiro atoms. The lowest BCUT2D eigenvalue weighted by Crippen LogP contribution is -2.38. The van der Waals surface area contributed by atoms with E-state index in [1.54, 1.807) is 45.4 Å². The Morgan fingerprint density at radius 3 is 2.24 bits per heavy atom. The highest BCUT2D eigenvalue weighted by Crippen LogP contribution is 2.25. The first-order valence-corrected chi connectivity index (χ1v) is 7.98. The van der Waals surface area contributed by atoms with Crippen LogP contribution in [0.1, 0.15) is 6.92 Å². The summed E-state index contributed by atoms with van der Waals surface area (Å²) in [5, 5.41) is 2.78. The number of rotatable bonds is 9. The molecule has 2 rings (SSSR count). The van der Waals surface area contributed by atoms with Crippen molar-refractivity contribution in [1.29, 1.82) is 0 Å². The molecule has 6 heteroatoms. The van der Waals surface area contributed by atoms with Crippen LogP contribution in [0.4, 0.5) is 0 Å². The average molecular weight is 345 g/mol. The summed E-state index contributed by atoms with van der Waals surface area (Å²) in [5.41, 5.74) is 0. The van der Waals surface area contributed by atoms with Crippen molar-refractivity contribution >= 4 is 5.91 Å². The Balaban J connectivity index is 1.73. The Bertz CT molecular complexity index is 672. The molecular weight excluding hydrogens is 322 g/mol. The van der Waals surface area contributed by atoms with Crippen LogP contribution < -0.4 is 24.3 Å². The van der Waals surface area contributed by atoms with E-state index in [0.29, 0.717) is 30.4 Å². The molecule has 6 nitrogen and oxygen atoms in total. The smallest absolute Gasteiger partial charge is 0.260 e. The van der Waals surface area contributed by atoms with Gasteiger partial charge in [-0.15, -0.1) is 0 Å². The number of para-hydroxylation sites is 2. The SMILES string of the molecule is COc1ccc(O[C@@H](C)C(=O)NCCOc2ccccc2OC)cc1. The molecule has 0 heterocycles. The van der Waals surface area contributed by atoms with Crippen LogP contribution in [0.15, 0.2) is 48.5 Å². The Labute approximate surface area is 147 Å². The molecule has 2 aromatic carbocycles. The highest BCUT2D eigenvalue weighted by atomic mass is 16.5. The fourth-order valence-corrected chi connectivity index (χ4v) is 2.13. The molecule has 0 aliphatic heterocycles. The maximum atomic E-state index is 12.1. The van der Waals surface area contributed by atoms with E-state index in [9.17, 15) is 4.79 Å². The normalized spacial score (nSPS) is 11.3. The van der Waals surface area contributed by atoms with Crippen LogP contribution in [0, 0.1) is 0 Å². The zero-order chi connectivity index (χ0) is 18.1. The Morgan fingerprint density at radius 2 is 1.60 bits per heavy atom. The number of hydrogen-bond donors (Lipinski definition) is 1. The second-order valence-electron chi connectivity index (χ2n) is 5.23. The fraction of sp³-hybridized carbons (Fsp3) is 0.316. The van der Waals surface area contributed by atoms with Crippen LogP contribution in [-0.2, 0) is 4.79 Å². The lowest BCUT2D eigenvalue weighted by molar-refractivity contribution is -0.127. The molecule has 1 N–H and O–H groups in total. The summed E-state index contributed by atoms with van der Waals surface area (Å²) >= 11 is 0. The number of nitrogens with one attached hydrogen (secondary N) is 1. The largest absolute Gasteiger partial charge is 0.497 e. The fourth-order valence-electron chi connectivity index (χ4n) is 2.13. The van der Waals surface area contributed by atoms with Crippen LogP contribution in [0.5, 0.6) is 23.0 Å². The van der Waals surface area contributed by atoms with Crippen molar-refractivity contribution in [3.05, 3.63) is 48.5 Å². The predicted octanol–water partition coefficient (Wildman–Crippen LogP) is 2.67. The second-order valence-corrected chi connectivity index (χ2v) is 5.23. The van der Waals surface area contributed by atoms with E-state index in [1.165, 1.54) is 0 Å². The van der Waals surface area contributed by atoms with Crippen molar-refractivity contribution in [2.45, 2.75) is 13.0 Å². The van der Waals surface area contributed by atoms with Crippen molar-refractivity contribution in [2.75, 3.05) is 27.4 Å². The number of amides is 1. The predicted molar refractivity (Wildman–Crippen MR) is 94.6 cm³/mol. The summed E-state index contributed by atoms with van der Waals surface area (Å²) in [6.07, 6.45) is -0.611. The Kier molecular flexibility index (Phi) is 6.95. The van der Waals surface area contributed by atoms with Gasteiger partial charge in [0.1, 0.15) is 18.1 Å². The summed E-state index contributed by atoms with van der Waals surface area (Å²) < 4.78 is 21.5. The van der Waals surface area contributed by atoms with Gasteiger partial charge < -0.3 is 24.3 Å². The van der Waals surface area contributed by atoms with Gasteiger partial charge in [0.25, 0.3) is 5.91 Å². The minimum atomic E-state index is -0.611. The molecule has 134 valence electrons. The zero-order valence-corrected chi connectivity index (χ0v) is 14.7. The topological polar surface area (TPSA) is 66.0 Å². The molecule has 0 aliphatic rings. The molecule has 0 fully saturated rings. The second kappa shape index (κ2) is 9.42. The maximum Gasteiger partial charge on any atom is 0.260 e. The van der Waals surface area contributed by atoms with E-state index in [1.807, 2.05) is 24.3 Å². The lowest BCUT2D eigenvalue weighted by Gasteiger charge is -2.15. The van der Waals surface area contributed by atoms with E-state index in [-0.39, 0.29) is 5.91 Å². The first-order valence-electron chi connectivity index (χ1n) is 7.98. The highest BCUT2D eigenvalue weighted by molar-refractivity contribution is 5.80. The molecule has 0 radical (unpaired) electrons. The van der Waals surface area contributed by atoms with Gasteiger partial charge in [-0.3, -0.25) is 4.79 Å². The maximum absolute atomic E-state index is 12.1. The van der Waals surface area contributed by atoms with Crippen molar-refractivity contribution in [1.82, 2.24) is 5.32 Å². The molecule has 1 amide bonds. The molecular formula is C19H23NO5. The van der Waals surface area contributed by atoms with E-state index < -0.39 is 6.10 Å². The quantitative estimate of drug-likeness (QED) is 0.708. The van der Waals surface area contributed by atoms with Crippen molar-refractivity contribution in [3.8, 4) is 23.0 Å². The highest BCUT2D eigenvalue weighted by Gasteiger charge is 2.14. The van der Waals surface area contributed by atoms with Gasteiger partial charge in [-0.05, 0) is 43.3 Å². The van der Waals surface area contributed by atoms with Gasteiger partial charge in [0.05, 0.1) is 20.8 Å². The van der Waals surface area contributed by atoms with Crippen molar-refractivity contribution in [2.24, 2.45) is 0 Å². The third-order valence-electron chi connectivity index (χ3n) is 3.47. The number of methoxy groups -OCH3 is 2. The number of carbonyl (C=O) groups is 1. The number of benzene rings is 2. The van der Waals surface area contributed by atoms with Crippen LogP contribution in [0.25, 0.3) is 0 Å². The summed E-state index contributed by atoms with van der Waals surface area (Å²) in [4.78, 5) is 12.1. The first-order chi connectivity index (χ1) is 12.1. The molecule has 1 atom stereocenters. The molecule has 2 aromatic rings. The van der Waals surface area contributed by atoms with Gasteiger partial charge >= 0.3 is 0 Å². The van der Waals surface area contributed by atoms with Crippen LogP contribution in [-0.4, -0.2) is 39.4 Å². The Hall–Kier alpha value is -2.89. The number of carbonyl (C=O) groups excluding carboxylic acids is 1. The van der Waals surface area contributed by atoms with Crippen molar-refractivity contribution in [3.63, 3.8) is 0 Å². The number of ether oxygens (including phenoxy) is 4. The van der Waals surface area contributed by atoms with Gasteiger partial charge in [0.2, 0.25) is 0 Å². The minimum Gasteiger partial charge on any atom is -0.497 e. The summed E-state index contributed by atoms with van der Waals surface area (Å²) in [6.45, 7) is 2.40. The van der Waals surface area contributed by atoms with Gasteiger partial charge in [0, 0.05) is 0 Å².